The van der Waals surface area contributed by atoms with Crippen LogP contribution in [0.1, 0.15) is 19.4 Å². The number of hydrogen-bond donors (Lipinski definition) is 2. The average Bonchev–Trinajstić information content (AvgIpc) is 2.68. The van der Waals surface area contributed by atoms with Crippen LogP contribution in [-0.4, -0.2) is 60.8 Å². The molecule has 0 aliphatic carbocycles. The quantitative estimate of drug-likeness (QED) is 0.859. The van der Waals surface area contributed by atoms with Gasteiger partial charge in [-0.2, -0.15) is 4.98 Å². The summed E-state index contributed by atoms with van der Waals surface area (Å²) in [6.45, 7) is 10.4. The Kier molecular flexibility index (Phi) is 5.13. The van der Waals surface area contributed by atoms with Gasteiger partial charge in [0.1, 0.15) is 5.82 Å². The zero-order valence-electron chi connectivity index (χ0n) is 16.4. The average molecular weight is 368 g/mol. The molecule has 2 aliphatic heterocycles. The number of likely N-dealkylation sites (N-methyl/N-ethyl adjacent to an activating group) is 1. The lowest BCUT2D eigenvalue weighted by Crippen LogP contribution is -2.44. The molecule has 1 saturated heterocycles. The summed E-state index contributed by atoms with van der Waals surface area (Å²) in [5.74, 6) is 1.67. The summed E-state index contributed by atoms with van der Waals surface area (Å²) in [5.41, 5.74) is 3.43. The molecule has 0 bridgehead atoms. The van der Waals surface area contributed by atoms with Crippen molar-refractivity contribution >= 4 is 23.1 Å². The first kappa shape index (κ1) is 18.0. The van der Waals surface area contributed by atoms with Gasteiger partial charge in [0.2, 0.25) is 5.95 Å². The second kappa shape index (κ2) is 7.70. The normalized spacial score (nSPS) is 17.9. The maximum absolute atomic E-state index is 4.78. The van der Waals surface area contributed by atoms with E-state index in [2.05, 4.69) is 75.5 Å². The predicted octanol–water partition coefficient (Wildman–Crippen LogP) is 2.25. The standard InChI is InChI=1S/C20H29N7/c1-15(2)27-14-21-12-16-13-22-20(24-19(16)27)23-17-4-6-18(7-5-17)26-10-8-25(3)9-11-26/h4-7,13,15,21H,8-12,14H2,1-3H3,(H,22,23,24). The topological polar surface area (TPSA) is 59.6 Å². The minimum absolute atomic E-state index is 0.391. The molecule has 2 aliphatic rings. The van der Waals surface area contributed by atoms with E-state index < -0.39 is 0 Å². The fourth-order valence-electron chi connectivity index (χ4n) is 3.59. The van der Waals surface area contributed by atoms with Gasteiger partial charge in [-0.3, -0.25) is 5.32 Å². The van der Waals surface area contributed by atoms with Crippen molar-refractivity contribution in [2.45, 2.75) is 26.4 Å². The molecular formula is C20H29N7. The van der Waals surface area contributed by atoms with E-state index in [0.29, 0.717) is 12.0 Å². The molecule has 7 nitrogen and oxygen atoms in total. The first-order valence-electron chi connectivity index (χ1n) is 9.74. The van der Waals surface area contributed by atoms with Crippen molar-refractivity contribution in [3.63, 3.8) is 0 Å². The largest absolute Gasteiger partial charge is 0.369 e. The molecule has 0 atom stereocenters. The van der Waals surface area contributed by atoms with Gasteiger partial charge < -0.3 is 20.0 Å². The van der Waals surface area contributed by atoms with Crippen LogP contribution in [0.15, 0.2) is 30.5 Å². The second-order valence-electron chi connectivity index (χ2n) is 7.65. The van der Waals surface area contributed by atoms with Gasteiger partial charge >= 0.3 is 0 Å². The molecule has 0 unspecified atom stereocenters. The minimum Gasteiger partial charge on any atom is -0.369 e. The van der Waals surface area contributed by atoms with Gasteiger partial charge in [-0.25, -0.2) is 4.98 Å². The Balaban J connectivity index is 1.47. The summed E-state index contributed by atoms with van der Waals surface area (Å²) < 4.78 is 0. The highest BCUT2D eigenvalue weighted by Crippen LogP contribution is 2.25. The highest BCUT2D eigenvalue weighted by Gasteiger charge is 2.21. The molecule has 0 saturated carbocycles. The van der Waals surface area contributed by atoms with Crippen LogP contribution < -0.4 is 20.4 Å². The summed E-state index contributed by atoms with van der Waals surface area (Å²) in [5, 5.41) is 6.75. The van der Waals surface area contributed by atoms with E-state index in [0.717, 1.165) is 56.5 Å². The van der Waals surface area contributed by atoms with E-state index in [9.17, 15) is 0 Å². The monoisotopic (exact) mass is 367 g/mol. The number of benzene rings is 1. The van der Waals surface area contributed by atoms with Crippen molar-refractivity contribution in [1.29, 1.82) is 0 Å². The highest BCUT2D eigenvalue weighted by atomic mass is 15.3. The number of piperazine rings is 1. The van der Waals surface area contributed by atoms with Crippen molar-refractivity contribution in [3.05, 3.63) is 36.0 Å². The second-order valence-corrected chi connectivity index (χ2v) is 7.65. The van der Waals surface area contributed by atoms with Crippen LogP contribution in [-0.2, 0) is 6.54 Å². The third-order valence-electron chi connectivity index (χ3n) is 5.33. The Morgan fingerprint density at radius 1 is 1.07 bits per heavy atom. The molecular weight excluding hydrogens is 338 g/mol. The SMILES string of the molecule is CC(C)N1CNCc2cnc(Nc3ccc(N4CCN(C)CC4)cc3)nc21. The summed E-state index contributed by atoms with van der Waals surface area (Å²) in [7, 11) is 2.18. The highest BCUT2D eigenvalue weighted by molar-refractivity contribution is 5.61. The number of rotatable bonds is 4. The summed E-state index contributed by atoms with van der Waals surface area (Å²) in [6.07, 6.45) is 1.92. The lowest BCUT2D eigenvalue weighted by Gasteiger charge is -2.34. The van der Waals surface area contributed by atoms with Crippen molar-refractivity contribution < 1.29 is 0 Å². The van der Waals surface area contributed by atoms with Gasteiger partial charge in [0.25, 0.3) is 0 Å². The summed E-state index contributed by atoms with van der Waals surface area (Å²) >= 11 is 0. The van der Waals surface area contributed by atoms with E-state index in [4.69, 9.17) is 4.98 Å². The third-order valence-corrected chi connectivity index (χ3v) is 5.33. The molecule has 3 heterocycles. The van der Waals surface area contributed by atoms with E-state index in [1.54, 1.807) is 0 Å². The summed E-state index contributed by atoms with van der Waals surface area (Å²) in [4.78, 5) is 16.4. The Morgan fingerprint density at radius 2 is 1.81 bits per heavy atom. The molecule has 1 aromatic heterocycles. The van der Waals surface area contributed by atoms with Crippen molar-refractivity contribution in [2.75, 3.05) is 55.0 Å². The molecule has 7 heteroatoms. The molecule has 1 aromatic carbocycles. The number of anilines is 4. The van der Waals surface area contributed by atoms with E-state index in [1.165, 1.54) is 5.69 Å². The molecule has 27 heavy (non-hydrogen) atoms. The van der Waals surface area contributed by atoms with Crippen LogP contribution >= 0.6 is 0 Å². The van der Waals surface area contributed by atoms with E-state index in [1.807, 2.05) is 6.20 Å². The smallest absolute Gasteiger partial charge is 0.229 e. The Hall–Kier alpha value is -2.38. The number of fused-ring (bicyclic) bond motifs is 1. The lowest BCUT2D eigenvalue weighted by atomic mass is 10.2. The van der Waals surface area contributed by atoms with Crippen LogP contribution in [0.4, 0.5) is 23.1 Å². The van der Waals surface area contributed by atoms with Gasteiger partial charge in [0, 0.05) is 61.9 Å². The van der Waals surface area contributed by atoms with Gasteiger partial charge in [-0.1, -0.05) is 0 Å². The first-order chi connectivity index (χ1) is 13.1. The van der Waals surface area contributed by atoms with Crippen LogP contribution in [0.2, 0.25) is 0 Å². The van der Waals surface area contributed by atoms with Gasteiger partial charge in [-0.15, -0.1) is 0 Å². The Morgan fingerprint density at radius 3 is 2.52 bits per heavy atom. The minimum atomic E-state index is 0.391. The number of nitrogens with zero attached hydrogens (tertiary/aromatic N) is 5. The van der Waals surface area contributed by atoms with Gasteiger partial charge in [-0.05, 0) is 45.2 Å². The molecule has 0 radical (unpaired) electrons. The van der Waals surface area contributed by atoms with Crippen LogP contribution in [0.25, 0.3) is 0 Å². The third kappa shape index (κ3) is 3.99. The number of hydrogen-bond acceptors (Lipinski definition) is 7. The molecule has 0 spiro atoms. The molecule has 2 aromatic rings. The molecule has 144 valence electrons. The number of nitrogens with one attached hydrogen (secondary N) is 2. The molecule has 0 amide bonds. The van der Waals surface area contributed by atoms with Gasteiger partial charge in [0.15, 0.2) is 0 Å². The first-order valence-corrected chi connectivity index (χ1v) is 9.74. The van der Waals surface area contributed by atoms with Gasteiger partial charge in [0.05, 0.1) is 6.67 Å². The van der Waals surface area contributed by atoms with E-state index in [-0.39, 0.29) is 0 Å². The van der Waals surface area contributed by atoms with E-state index >= 15 is 0 Å². The number of aromatic nitrogens is 2. The maximum Gasteiger partial charge on any atom is 0.229 e. The zero-order chi connectivity index (χ0) is 18.8. The Labute approximate surface area is 161 Å². The summed E-state index contributed by atoms with van der Waals surface area (Å²) in [6, 6.07) is 8.96. The maximum atomic E-state index is 4.78. The zero-order valence-corrected chi connectivity index (χ0v) is 16.4. The van der Waals surface area contributed by atoms with Crippen molar-refractivity contribution in [3.8, 4) is 0 Å². The van der Waals surface area contributed by atoms with Crippen molar-refractivity contribution in [2.24, 2.45) is 0 Å². The molecule has 4 rings (SSSR count). The molecule has 2 N–H and O–H groups in total. The van der Waals surface area contributed by atoms with Crippen LogP contribution in [0.5, 0.6) is 0 Å². The molecule has 1 fully saturated rings. The Bertz CT molecular complexity index is 766. The fraction of sp³-hybridized carbons (Fsp3) is 0.500. The lowest BCUT2D eigenvalue weighted by molar-refractivity contribution is 0.313. The fourth-order valence-corrected chi connectivity index (χ4v) is 3.59. The van der Waals surface area contributed by atoms with Crippen LogP contribution in [0.3, 0.4) is 0 Å². The van der Waals surface area contributed by atoms with Crippen LogP contribution in [0, 0.1) is 0 Å². The predicted molar refractivity (Wildman–Crippen MR) is 111 cm³/mol. The van der Waals surface area contributed by atoms with Crippen molar-refractivity contribution in [1.82, 2.24) is 20.2 Å².